The van der Waals surface area contributed by atoms with Gasteiger partial charge in [-0.05, 0) is 37.4 Å². The van der Waals surface area contributed by atoms with E-state index in [0.29, 0.717) is 11.6 Å². The second-order valence-electron chi connectivity index (χ2n) is 5.82. The van der Waals surface area contributed by atoms with E-state index < -0.39 is 0 Å². The molecular weight excluding hydrogens is 290 g/mol. The third-order valence-electron chi connectivity index (χ3n) is 3.99. The molecule has 6 nitrogen and oxygen atoms in total. The van der Waals surface area contributed by atoms with Crippen LogP contribution in [0.4, 0.5) is 5.82 Å². The van der Waals surface area contributed by atoms with Gasteiger partial charge in [-0.2, -0.15) is 0 Å². The van der Waals surface area contributed by atoms with Crippen LogP contribution in [0.1, 0.15) is 23.3 Å². The average molecular weight is 310 g/mol. The van der Waals surface area contributed by atoms with Crippen LogP contribution in [0.5, 0.6) is 0 Å². The van der Waals surface area contributed by atoms with Gasteiger partial charge in [-0.25, -0.2) is 9.97 Å². The van der Waals surface area contributed by atoms with E-state index in [0.717, 1.165) is 38.5 Å². The Morgan fingerprint density at radius 3 is 2.71 bits per heavy atom. The second kappa shape index (κ2) is 6.15. The lowest BCUT2D eigenvalue weighted by Crippen LogP contribution is -2.45. The van der Waals surface area contributed by atoms with Gasteiger partial charge in [-0.15, -0.1) is 0 Å². The highest BCUT2D eigenvalue weighted by atomic mass is 35.5. The van der Waals surface area contributed by atoms with Gasteiger partial charge in [-0.3, -0.25) is 4.79 Å². The molecule has 1 aliphatic heterocycles. The lowest BCUT2D eigenvalue weighted by Gasteiger charge is -2.33. The molecule has 7 heteroatoms. The molecule has 0 unspecified atom stereocenters. The van der Waals surface area contributed by atoms with Crippen molar-refractivity contribution in [2.75, 3.05) is 44.7 Å². The number of anilines is 1. The first-order valence-corrected chi connectivity index (χ1v) is 7.76. The summed E-state index contributed by atoms with van der Waals surface area (Å²) in [5.41, 5.74) is 0.351. The Labute approximate surface area is 129 Å². The first-order valence-electron chi connectivity index (χ1n) is 7.38. The van der Waals surface area contributed by atoms with Gasteiger partial charge in [0.2, 0.25) is 5.28 Å². The fourth-order valence-electron chi connectivity index (χ4n) is 2.37. The Morgan fingerprint density at radius 1 is 1.33 bits per heavy atom. The van der Waals surface area contributed by atoms with Crippen LogP contribution >= 0.6 is 11.6 Å². The molecule has 0 radical (unpaired) electrons. The second-order valence-corrected chi connectivity index (χ2v) is 6.16. The molecule has 2 fully saturated rings. The van der Waals surface area contributed by atoms with Gasteiger partial charge in [0.15, 0.2) is 0 Å². The number of halogens is 1. The molecule has 21 heavy (non-hydrogen) atoms. The number of nitrogens with zero attached hydrogens (tertiary/aromatic N) is 4. The first-order chi connectivity index (χ1) is 10.1. The third kappa shape index (κ3) is 3.83. The van der Waals surface area contributed by atoms with Crippen molar-refractivity contribution in [3.63, 3.8) is 0 Å². The highest BCUT2D eigenvalue weighted by Gasteiger charge is 2.23. The van der Waals surface area contributed by atoms with Crippen LogP contribution in [0.25, 0.3) is 0 Å². The highest BCUT2D eigenvalue weighted by Crippen LogP contribution is 2.27. The normalized spacial score (nSPS) is 19.6. The van der Waals surface area contributed by atoms with Crippen molar-refractivity contribution in [2.45, 2.75) is 12.8 Å². The summed E-state index contributed by atoms with van der Waals surface area (Å²) in [7, 11) is 2.10. The molecule has 2 heterocycles. The average Bonchev–Trinajstić information content (AvgIpc) is 3.29. The number of nitrogens with one attached hydrogen (secondary N) is 1. The van der Waals surface area contributed by atoms with Crippen molar-refractivity contribution in [1.82, 2.24) is 20.2 Å². The Kier molecular flexibility index (Phi) is 4.26. The minimum atomic E-state index is -0.165. The number of amides is 1. The molecule has 0 bridgehead atoms. The zero-order valence-corrected chi connectivity index (χ0v) is 12.9. The van der Waals surface area contributed by atoms with E-state index in [2.05, 4.69) is 32.1 Å². The molecule has 1 saturated carbocycles. The smallest absolute Gasteiger partial charge is 0.270 e. The predicted octanol–water partition coefficient (Wildman–Crippen LogP) is 1.02. The van der Waals surface area contributed by atoms with Gasteiger partial charge in [-0.1, -0.05) is 0 Å². The molecule has 1 aromatic heterocycles. The topological polar surface area (TPSA) is 61.4 Å². The summed E-state index contributed by atoms with van der Waals surface area (Å²) >= 11 is 5.98. The van der Waals surface area contributed by atoms with Gasteiger partial charge in [0.05, 0.1) is 0 Å². The van der Waals surface area contributed by atoms with E-state index in [-0.39, 0.29) is 11.2 Å². The van der Waals surface area contributed by atoms with Crippen LogP contribution in [-0.2, 0) is 0 Å². The first kappa shape index (κ1) is 14.5. The highest BCUT2D eigenvalue weighted by molar-refractivity contribution is 6.28. The van der Waals surface area contributed by atoms with Gasteiger partial charge in [0, 0.05) is 38.8 Å². The molecule has 1 aromatic rings. The Balaban J connectivity index is 1.70. The SMILES string of the molecule is CN1CCN(c2cc(C(=O)NCC3CC3)nc(Cl)n2)CC1. The van der Waals surface area contributed by atoms with E-state index in [1.165, 1.54) is 12.8 Å². The number of carbonyl (C=O) groups is 1. The van der Waals surface area contributed by atoms with E-state index in [1.807, 2.05) is 0 Å². The zero-order valence-electron chi connectivity index (χ0n) is 12.2. The maximum atomic E-state index is 12.1. The summed E-state index contributed by atoms with van der Waals surface area (Å²) in [5.74, 6) is 1.21. The predicted molar refractivity (Wildman–Crippen MR) is 81.8 cm³/mol. The van der Waals surface area contributed by atoms with Crippen molar-refractivity contribution in [1.29, 1.82) is 0 Å². The standard InChI is InChI=1S/C14H20ClN5O/c1-19-4-6-20(7-5-19)12-8-11(17-14(15)18-12)13(21)16-9-10-2-3-10/h8,10H,2-7,9H2,1H3,(H,16,21). The van der Waals surface area contributed by atoms with Crippen LogP contribution in [0.2, 0.25) is 5.28 Å². The van der Waals surface area contributed by atoms with E-state index in [9.17, 15) is 4.79 Å². The largest absolute Gasteiger partial charge is 0.354 e. The molecule has 1 amide bonds. The van der Waals surface area contributed by atoms with Crippen LogP contribution in [0.3, 0.4) is 0 Å². The van der Waals surface area contributed by atoms with Gasteiger partial charge < -0.3 is 15.1 Å². The fraction of sp³-hybridized carbons (Fsp3) is 0.643. The maximum absolute atomic E-state index is 12.1. The number of hydrogen-bond donors (Lipinski definition) is 1. The molecular formula is C14H20ClN5O. The van der Waals surface area contributed by atoms with Crippen LogP contribution in [0.15, 0.2) is 6.07 Å². The molecule has 0 atom stereocenters. The summed E-state index contributed by atoms with van der Waals surface area (Å²) in [6.45, 7) is 4.44. The molecule has 2 aliphatic rings. The van der Waals surface area contributed by atoms with Crippen molar-refractivity contribution >= 4 is 23.3 Å². The van der Waals surface area contributed by atoms with E-state index >= 15 is 0 Å². The summed E-state index contributed by atoms with van der Waals surface area (Å²) < 4.78 is 0. The Bertz CT molecular complexity index is 526. The van der Waals surface area contributed by atoms with Crippen molar-refractivity contribution < 1.29 is 4.79 Å². The third-order valence-corrected chi connectivity index (χ3v) is 4.16. The molecule has 0 aromatic carbocycles. The zero-order chi connectivity index (χ0) is 14.8. The molecule has 0 spiro atoms. The number of aromatic nitrogens is 2. The van der Waals surface area contributed by atoms with Crippen LogP contribution in [0, 0.1) is 5.92 Å². The monoisotopic (exact) mass is 309 g/mol. The summed E-state index contributed by atoms with van der Waals surface area (Å²) in [6.07, 6.45) is 2.41. The minimum Gasteiger partial charge on any atom is -0.354 e. The maximum Gasteiger partial charge on any atom is 0.270 e. The molecule has 1 saturated heterocycles. The minimum absolute atomic E-state index is 0.128. The van der Waals surface area contributed by atoms with Crippen LogP contribution < -0.4 is 10.2 Å². The quantitative estimate of drug-likeness (QED) is 0.842. The van der Waals surface area contributed by atoms with Gasteiger partial charge in [0.25, 0.3) is 5.91 Å². The number of likely N-dealkylation sites (N-methyl/N-ethyl adjacent to an activating group) is 1. The molecule has 1 aliphatic carbocycles. The lowest BCUT2D eigenvalue weighted by atomic mass is 10.3. The summed E-state index contributed by atoms with van der Waals surface area (Å²) in [5, 5.41) is 3.04. The van der Waals surface area contributed by atoms with E-state index in [4.69, 9.17) is 11.6 Å². The molecule has 114 valence electrons. The number of piperazine rings is 1. The van der Waals surface area contributed by atoms with Gasteiger partial charge in [0.1, 0.15) is 11.5 Å². The van der Waals surface area contributed by atoms with Crippen molar-refractivity contribution in [3.8, 4) is 0 Å². The van der Waals surface area contributed by atoms with Crippen LogP contribution in [-0.4, -0.2) is 60.5 Å². The molecule has 1 N–H and O–H groups in total. The van der Waals surface area contributed by atoms with E-state index in [1.54, 1.807) is 6.07 Å². The van der Waals surface area contributed by atoms with Crippen molar-refractivity contribution in [3.05, 3.63) is 17.0 Å². The molecule has 3 rings (SSSR count). The number of hydrogen-bond acceptors (Lipinski definition) is 5. The number of carbonyl (C=O) groups excluding carboxylic acids is 1. The summed E-state index contributed by atoms with van der Waals surface area (Å²) in [4.78, 5) is 24.8. The lowest BCUT2D eigenvalue weighted by molar-refractivity contribution is 0.0946. The Morgan fingerprint density at radius 2 is 2.05 bits per heavy atom. The summed E-state index contributed by atoms with van der Waals surface area (Å²) in [6, 6.07) is 1.74. The Hall–Kier alpha value is -1.40. The van der Waals surface area contributed by atoms with Crippen molar-refractivity contribution in [2.24, 2.45) is 5.92 Å². The van der Waals surface area contributed by atoms with Gasteiger partial charge >= 0.3 is 0 Å². The fourth-order valence-corrected chi connectivity index (χ4v) is 2.55. The number of rotatable bonds is 4.